The van der Waals surface area contributed by atoms with Gasteiger partial charge in [-0.1, -0.05) is 36.4 Å². The van der Waals surface area contributed by atoms with Crippen molar-refractivity contribution in [3.63, 3.8) is 0 Å². The second-order valence-electron chi connectivity index (χ2n) is 8.13. The van der Waals surface area contributed by atoms with Gasteiger partial charge in [-0.15, -0.1) is 0 Å². The summed E-state index contributed by atoms with van der Waals surface area (Å²) in [6.07, 6.45) is 8.26. The number of hydrogen-bond donors (Lipinski definition) is 0. The van der Waals surface area contributed by atoms with E-state index in [0.29, 0.717) is 11.6 Å². The molecule has 5 nitrogen and oxygen atoms in total. The molecular formula is C25H29N3O2. The fourth-order valence-electron chi connectivity index (χ4n) is 4.43. The van der Waals surface area contributed by atoms with E-state index in [2.05, 4.69) is 34.1 Å². The largest absolute Gasteiger partial charge is 0.472 e. The molecule has 1 unspecified atom stereocenters. The Bertz CT molecular complexity index is 904. The van der Waals surface area contributed by atoms with Crippen LogP contribution in [0.15, 0.2) is 77.7 Å². The lowest BCUT2D eigenvalue weighted by Crippen LogP contribution is -2.47. The fourth-order valence-corrected chi connectivity index (χ4v) is 4.43. The van der Waals surface area contributed by atoms with E-state index in [9.17, 15) is 4.79 Å². The monoisotopic (exact) mass is 403 g/mol. The first-order chi connectivity index (χ1) is 14.7. The zero-order chi connectivity index (χ0) is 20.8. The van der Waals surface area contributed by atoms with Crippen molar-refractivity contribution < 1.29 is 9.21 Å². The van der Waals surface area contributed by atoms with Crippen molar-refractivity contribution in [2.75, 3.05) is 20.1 Å². The molecule has 0 N–H and O–H groups in total. The predicted octanol–water partition coefficient (Wildman–Crippen LogP) is 4.27. The number of amides is 1. The van der Waals surface area contributed by atoms with Gasteiger partial charge in [-0.05, 0) is 62.0 Å². The zero-order valence-corrected chi connectivity index (χ0v) is 17.5. The Hall–Kier alpha value is -2.92. The van der Waals surface area contributed by atoms with Gasteiger partial charge in [0.1, 0.15) is 5.69 Å². The van der Waals surface area contributed by atoms with Crippen LogP contribution >= 0.6 is 0 Å². The summed E-state index contributed by atoms with van der Waals surface area (Å²) in [6.45, 7) is 2.99. The number of aromatic nitrogens is 1. The van der Waals surface area contributed by atoms with Gasteiger partial charge in [0, 0.05) is 31.4 Å². The van der Waals surface area contributed by atoms with Crippen LogP contribution in [0.1, 0.15) is 34.5 Å². The van der Waals surface area contributed by atoms with Crippen LogP contribution in [0.5, 0.6) is 0 Å². The number of likely N-dealkylation sites (N-methyl/N-ethyl adjacent to an activating group) is 1. The van der Waals surface area contributed by atoms with Gasteiger partial charge in [-0.25, -0.2) is 0 Å². The third-order valence-corrected chi connectivity index (χ3v) is 6.15. The maximum absolute atomic E-state index is 13.1. The maximum Gasteiger partial charge on any atom is 0.272 e. The molecule has 156 valence electrons. The Kier molecular flexibility index (Phi) is 6.60. The van der Waals surface area contributed by atoms with Gasteiger partial charge >= 0.3 is 0 Å². The number of benzene rings is 1. The number of nitrogens with zero attached hydrogens (tertiary/aromatic N) is 3. The van der Waals surface area contributed by atoms with Crippen molar-refractivity contribution in [3.05, 3.63) is 90.1 Å². The molecule has 4 rings (SSSR count). The van der Waals surface area contributed by atoms with Crippen molar-refractivity contribution in [3.8, 4) is 0 Å². The molecule has 1 atom stereocenters. The van der Waals surface area contributed by atoms with Crippen LogP contribution in [0.3, 0.4) is 0 Å². The molecular weight excluding hydrogens is 374 g/mol. The summed E-state index contributed by atoms with van der Waals surface area (Å²) in [5, 5.41) is 0. The minimum atomic E-state index is -0.00245. The number of likely N-dealkylation sites (tertiary alicyclic amines) is 1. The van der Waals surface area contributed by atoms with Crippen LogP contribution < -0.4 is 0 Å². The van der Waals surface area contributed by atoms with Crippen molar-refractivity contribution in [2.24, 2.45) is 5.92 Å². The Morgan fingerprint density at radius 2 is 1.87 bits per heavy atom. The van der Waals surface area contributed by atoms with Crippen LogP contribution in [0.25, 0.3) is 0 Å². The van der Waals surface area contributed by atoms with Gasteiger partial charge in [-0.2, -0.15) is 0 Å². The highest BCUT2D eigenvalue weighted by Gasteiger charge is 2.32. The number of furan rings is 1. The second kappa shape index (κ2) is 9.72. The SMILES string of the molecule is CN(C(=O)c1ccccn1)C(Cc1ccccc1)C1CCN(Cc2ccoc2)CC1. The van der Waals surface area contributed by atoms with Crippen molar-refractivity contribution >= 4 is 5.91 Å². The summed E-state index contributed by atoms with van der Waals surface area (Å²) >= 11 is 0. The van der Waals surface area contributed by atoms with Gasteiger partial charge in [-0.3, -0.25) is 14.7 Å². The van der Waals surface area contributed by atoms with Gasteiger partial charge in [0.05, 0.1) is 12.5 Å². The average molecular weight is 404 g/mol. The van der Waals surface area contributed by atoms with Crippen LogP contribution in [0.2, 0.25) is 0 Å². The fraction of sp³-hybridized carbons (Fsp3) is 0.360. The van der Waals surface area contributed by atoms with Crippen molar-refractivity contribution in [2.45, 2.75) is 31.8 Å². The van der Waals surface area contributed by atoms with E-state index in [0.717, 1.165) is 38.9 Å². The molecule has 1 fully saturated rings. The average Bonchev–Trinajstić information content (AvgIpc) is 3.31. The molecule has 1 aliphatic rings. The molecule has 0 aliphatic carbocycles. The van der Waals surface area contributed by atoms with E-state index in [4.69, 9.17) is 4.42 Å². The first-order valence-electron chi connectivity index (χ1n) is 10.7. The Balaban J connectivity index is 1.47. The molecule has 0 spiro atoms. The smallest absolute Gasteiger partial charge is 0.272 e. The molecule has 30 heavy (non-hydrogen) atoms. The lowest BCUT2D eigenvalue weighted by molar-refractivity contribution is 0.0579. The lowest BCUT2D eigenvalue weighted by atomic mass is 9.84. The highest BCUT2D eigenvalue weighted by Crippen LogP contribution is 2.28. The Morgan fingerprint density at radius 3 is 2.53 bits per heavy atom. The maximum atomic E-state index is 13.1. The molecule has 1 amide bonds. The van der Waals surface area contributed by atoms with E-state index >= 15 is 0 Å². The number of pyridine rings is 1. The quantitative estimate of drug-likeness (QED) is 0.591. The molecule has 1 aromatic carbocycles. The third-order valence-electron chi connectivity index (χ3n) is 6.15. The van der Waals surface area contributed by atoms with Gasteiger partial charge in [0.25, 0.3) is 5.91 Å². The molecule has 0 bridgehead atoms. The van der Waals surface area contributed by atoms with E-state index in [1.807, 2.05) is 42.5 Å². The van der Waals surface area contributed by atoms with Gasteiger partial charge < -0.3 is 9.32 Å². The Labute approximate surface area is 178 Å². The summed E-state index contributed by atoms with van der Waals surface area (Å²) in [6, 6.07) is 18.2. The van der Waals surface area contributed by atoms with E-state index in [1.54, 1.807) is 18.5 Å². The highest BCUT2D eigenvalue weighted by atomic mass is 16.3. The van der Waals surface area contributed by atoms with Gasteiger partial charge in [0.15, 0.2) is 0 Å². The summed E-state index contributed by atoms with van der Waals surface area (Å²) in [4.78, 5) is 21.8. The van der Waals surface area contributed by atoms with Crippen LogP contribution in [-0.4, -0.2) is 46.9 Å². The van der Waals surface area contributed by atoms with Crippen molar-refractivity contribution in [1.82, 2.24) is 14.8 Å². The molecule has 0 radical (unpaired) electrons. The number of piperidine rings is 1. The van der Waals surface area contributed by atoms with Crippen LogP contribution in [0.4, 0.5) is 0 Å². The number of carbonyl (C=O) groups is 1. The number of hydrogen-bond acceptors (Lipinski definition) is 4. The van der Waals surface area contributed by atoms with E-state index < -0.39 is 0 Å². The molecule has 0 saturated carbocycles. The van der Waals surface area contributed by atoms with Gasteiger partial charge in [0.2, 0.25) is 0 Å². The first kappa shape index (κ1) is 20.4. The highest BCUT2D eigenvalue weighted by molar-refractivity contribution is 5.92. The molecule has 3 heterocycles. The topological polar surface area (TPSA) is 49.6 Å². The second-order valence-corrected chi connectivity index (χ2v) is 8.13. The third kappa shape index (κ3) is 4.97. The van der Waals surface area contributed by atoms with E-state index in [1.165, 1.54) is 11.1 Å². The molecule has 1 aliphatic heterocycles. The molecule has 3 aromatic rings. The lowest BCUT2D eigenvalue weighted by Gasteiger charge is -2.40. The predicted molar refractivity (Wildman–Crippen MR) is 117 cm³/mol. The summed E-state index contributed by atoms with van der Waals surface area (Å²) in [5.41, 5.74) is 3.00. The summed E-state index contributed by atoms with van der Waals surface area (Å²) < 4.78 is 5.20. The minimum absolute atomic E-state index is 0.00245. The molecule has 1 saturated heterocycles. The molecule has 5 heteroatoms. The summed E-state index contributed by atoms with van der Waals surface area (Å²) in [7, 11) is 1.93. The minimum Gasteiger partial charge on any atom is -0.472 e. The van der Waals surface area contributed by atoms with Crippen LogP contribution in [-0.2, 0) is 13.0 Å². The normalized spacial score (nSPS) is 16.3. The van der Waals surface area contributed by atoms with E-state index in [-0.39, 0.29) is 11.9 Å². The Morgan fingerprint density at radius 1 is 1.10 bits per heavy atom. The van der Waals surface area contributed by atoms with Crippen LogP contribution in [0, 0.1) is 5.92 Å². The zero-order valence-electron chi connectivity index (χ0n) is 17.5. The first-order valence-corrected chi connectivity index (χ1v) is 10.7. The van der Waals surface area contributed by atoms with Crippen molar-refractivity contribution in [1.29, 1.82) is 0 Å². The number of carbonyl (C=O) groups excluding carboxylic acids is 1. The summed E-state index contributed by atoms with van der Waals surface area (Å²) in [5.74, 6) is 0.459. The molecule has 2 aromatic heterocycles. The standard InChI is InChI=1S/C25H29N3O2/c1-27(25(29)23-9-5-6-13-26-23)24(17-20-7-3-2-4-8-20)22-10-14-28(15-11-22)18-21-12-16-30-19-21/h2-9,12-13,16,19,22,24H,10-11,14-15,17-18H2,1H3. The number of rotatable bonds is 7.